The van der Waals surface area contributed by atoms with Crippen molar-refractivity contribution in [3.05, 3.63) is 12.4 Å². The molecule has 0 unspecified atom stereocenters. The fourth-order valence-electron chi connectivity index (χ4n) is 1.49. The fraction of sp³-hybridized carbons (Fsp3) is 0.778. The highest BCUT2D eigenvalue weighted by atomic mass is 15.4. The predicted octanol–water partition coefficient (Wildman–Crippen LogP) is 1.85. The molecule has 0 bridgehead atoms. The summed E-state index contributed by atoms with van der Waals surface area (Å²) < 4.78 is 0. The molecule has 0 amide bonds. The summed E-state index contributed by atoms with van der Waals surface area (Å²) in [6.45, 7) is 2.24. The molecule has 0 spiro atoms. The van der Waals surface area contributed by atoms with Crippen LogP contribution in [0.25, 0.3) is 0 Å². The van der Waals surface area contributed by atoms with E-state index in [1.54, 1.807) is 0 Å². The van der Waals surface area contributed by atoms with E-state index in [2.05, 4.69) is 43.2 Å². The van der Waals surface area contributed by atoms with Gasteiger partial charge in [-0.1, -0.05) is 13.3 Å². The van der Waals surface area contributed by atoms with Crippen molar-refractivity contribution in [2.45, 2.75) is 32.4 Å². The van der Waals surface area contributed by atoms with Crippen LogP contribution in [-0.2, 0) is 0 Å². The van der Waals surface area contributed by atoms with Crippen LogP contribution in [0.5, 0.6) is 0 Å². The van der Waals surface area contributed by atoms with Crippen molar-refractivity contribution in [3.8, 4) is 0 Å². The third-order valence-electron chi connectivity index (χ3n) is 2.29. The molecule has 1 heterocycles. The lowest BCUT2D eigenvalue weighted by atomic mass is 10.2. The zero-order valence-electron chi connectivity index (χ0n) is 7.75. The lowest BCUT2D eigenvalue weighted by Crippen LogP contribution is -2.33. The maximum atomic E-state index is 2.27. The van der Waals surface area contributed by atoms with Crippen molar-refractivity contribution < 1.29 is 0 Å². The quantitative estimate of drug-likeness (QED) is 0.612. The molecule has 1 rings (SSSR count). The van der Waals surface area contributed by atoms with Crippen LogP contribution in [0.3, 0.4) is 0 Å². The Morgan fingerprint density at radius 2 is 1.73 bits per heavy atom. The predicted molar refractivity (Wildman–Crippen MR) is 48.0 cm³/mol. The van der Waals surface area contributed by atoms with Crippen molar-refractivity contribution in [2.75, 3.05) is 14.1 Å². The summed E-state index contributed by atoms with van der Waals surface area (Å²) in [5, 5.41) is 0. The Labute approximate surface area is 69.5 Å². The average molecular weight is 154 g/mol. The molecule has 1 aliphatic rings. The van der Waals surface area contributed by atoms with E-state index in [-0.39, 0.29) is 0 Å². The standard InChI is InChI=1S/C9H18N2/c1-4-5-6-9-10(2)7-8-11(9)3/h7-9H,4-6H2,1-3H3. The molecule has 0 aromatic rings. The minimum absolute atomic E-state index is 0.606. The molecule has 0 aliphatic carbocycles. The van der Waals surface area contributed by atoms with Gasteiger partial charge in [0.1, 0.15) is 6.17 Å². The number of hydrogen-bond donors (Lipinski definition) is 0. The summed E-state index contributed by atoms with van der Waals surface area (Å²) >= 11 is 0. The smallest absolute Gasteiger partial charge is 0.100 e. The van der Waals surface area contributed by atoms with Crippen molar-refractivity contribution in [1.82, 2.24) is 9.80 Å². The van der Waals surface area contributed by atoms with E-state index in [0.717, 1.165) is 0 Å². The molecule has 0 aromatic heterocycles. The third kappa shape index (κ3) is 1.88. The van der Waals surface area contributed by atoms with Crippen LogP contribution in [0, 0.1) is 0 Å². The topological polar surface area (TPSA) is 6.48 Å². The fourth-order valence-corrected chi connectivity index (χ4v) is 1.49. The maximum Gasteiger partial charge on any atom is 0.100 e. The van der Waals surface area contributed by atoms with Gasteiger partial charge in [0.2, 0.25) is 0 Å². The molecular weight excluding hydrogens is 136 g/mol. The lowest BCUT2D eigenvalue weighted by molar-refractivity contribution is 0.189. The summed E-state index contributed by atoms with van der Waals surface area (Å²) in [7, 11) is 4.28. The molecule has 2 heteroatoms. The summed E-state index contributed by atoms with van der Waals surface area (Å²) in [5.41, 5.74) is 0. The molecule has 0 saturated carbocycles. The molecule has 0 fully saturated rings. The van der Waals surface area contributed by atoms with E-state index >= 15 is 0 Å². The highest BCUT2D eigenvalue weighted by Crippen LogP contribution is 2.16. The summed E-state index contributed by atoms with van der Waals surface area (Å²) in [4.78, 5) is 4.55. The Hall–Kier alpha value is -0.660. The molecule has 0 radical (unpaired) electrons. The summed E-state index contributed by atoms with van der Waals surface area (Å²) in [5.74, 6) is 0. The summed E-state index contributed by atoms with van der Waals surface area (Å²) in [6.07, 6.45) is 8.77. The van der Waals surface area contributed by atoms with E-state index in [0.29, 0.717) is 6.17 Å². The van der Waals surface area contributed by atoms with E-state index in [1.165, 1.54) is 19.3 Å². The molecule has 0 N–H and O–H groups in total. The van der Waals surface area contributed by atoms with Gasteiger partial charge >= 0.3 is 0 Å². The second-order valence-electron chi connectivity index (χ2n) is 3.25. The van der Waals surface area contributed by atoms with Gasteiger partial charge in [-0.15, -0.1) is 0 Å². The van der Waals surface area contributed by atoms with Gasteiger partial charge in [0.05, 0.1) is 0 Å². The first-order chi connectivity index (χ1) is 5.25. The molecule has 64 valence electrons. The third-order valence-corrected chi connectivity index (χ3v) is 2.29. The van der Waals surface area contributed by atoms with Gasteiger partial charge in [-0.05, 0) is 12.8 Å². The Morgan fingerprint density at radius 1 is 1.18 bits per heavy atom. The SMILES string of the molecule is CCCCC1N(C)C=CN1C. The number of hydrogen-bond acceptors (Lipinski definition) is 2. The second kappa shape index (κ2) is 3.65. The molecule has 0 saturated heterocycles. The number of nitrogens with zero attached hydrogens (tertiary/aromatic N) is 2. The minimum atomic E-state index is 0.606. The molecule has 11 heavy (non-hydrogen) atoms. The minimum Gasteiger partial charge on any atom is -0.359 e. The Balaban J connectivity index is 2.33. The van der Waals surface area contributed by atoms with Crippen LogP contribution >= 0.6 is 0 Å². The van der Waals surface area contributed by atoms with Crippen LogP contribution in [0.4, 0.5) is 0 Å². The van der Waals surface area contributed by atoms with Gasteiger partial charge < -0.3 is 9.80 Å². The van der Waals surface area contributed by atoms with E-state index < -0.39 is 0 Å². The monoisotopic (exact) mass is 154 g/mol. The molecule has 1 aliphatic heterocycles. The number of unbranched alkanes of at least 4 members (excludes halogenated alkanes) is 1. The van der Waals surface area contributed by atoms with Crippen LogP contribution in [0.2, 0.25) is 0 Å². The van der Waals surface area contributed by atoms with Crippen molar-refractivity contribution in [2.24, 2.45) is 0 Å². The molecular formula is C9H18N2. The van der Waals surface area contributed by atoms with Gasteiger partial charge in [0.15, 0.2) is 0 Å². The van der Waals surface area contributed by atoms with Gasteiger partial charge in [0, 0.05) is 26.5 Å². The van der Waals surface area contributed by atoms with Crippen molar-refractivity contribution in [3.63, 3.8) is 0 Å². The van der Waals surface area contributed by atoms with Gasteiger partial charge in [-0.25, -0.2) is 0 Å². The van der Waals surface area contributed by atoms with Crippen LogP contribution < -0.4 is 0 Å². The van der Waals surface area contributed by atoms with Gasteiger partial charge in [-0.2, -0.15) is 0 Å². The Kier molecular flexibility index (Phi) is 2.80. The zero-order chi connectivity index (χ0) is 8.27. The van der Waals surface area contributed by atoms with Crippen LogP contribution in [0.15, 0.2) is 12.4 Å². The largest absolute Gasteiger partial charge is 0.359 e. The molecule has 2 nitrogen and oxygen atoms in total. The molecule has 0 aromatic carbocycles. The van der Waals surface area contributed by atoms with Gasteiger partial charge in [-0.3, -0.25) is 0 Å². The normalized spacial score (nSPS) is 18.5. The first-order valence-electron chi connectivity index (χ1n) is 4.38. The lowest BCUT2D eigenvalue weighted by Gasteiger charge is -2.27. The van der Waals surface area contributed by atoms with Gasteiger partial charge in [0.25, 0.3) is 0 Å². The zero-order valence-corrected chi connectivity index (χ0v) is 7.75. The molecule has 0 atom stereocenters. The Morgan fingerprint density at radius 3 is 2.18 bits per heavy atom. The van der Waals surface area contributed by atoms with Crippen molar-refractivity contribution >= 4 is 0 Å². The Bertz CT molecular complexity index is 130. The van der Waals surface area contributed by atoms with Crippen molar-refractivity contribution in [1.29, 1.82) is 0 Å². The van der Waals surface area contributed by atoms with Crippen LogP contribution in [-0.4, -0.2) is 30.1 Å². The first kappa shape index (κ1) is 8.44. The first-order valence-corrected chi connectivity index (χ1v) is 4.38. The maximum absolute atomic E-state index is 2.27. The highest BCUT2D eigenvalue weighted by molar-refractivity contribution is 4.93. The van der Waals surface area contributed by atoms with E-state index in [4.69, 9.17) is 0 Å². The highest BCUT2D eigenvalue weighted by Gasteiger charge is 2.18. The summed E-state index contributed by atoms with van der Waals surface area (Å²) in [6, 6.07) is 0. The van der Waals surface area contributed by atoms with E-state index in [9.17, 15) is 0 Å². The second-order valence-corrected chi connectivity index (χ2v) is 3.25. The average Bonchev–Trinajstić information content (AvgIpc) is 2.29. The van der Waals surface area contributed by atoms with E-state index in [1.807, 2.05) is 0 Å². The number of rotatable bonds is 3. The van der Waals surface area contributed by atoms with Crippen LogP contribution in [0.1, 0.15) is 26.2 Å².